The van der Waals surface area contributed by atoms with Crippen LogP contribution in [0.5, 0.6) is 0 Å². The van der Waals surface area contributed by atoms with Crippen molar-refractivity contribution in [2.45, 2.75) is 76.7 Å². The van der Waals surface area contributed by atoms with E-state index in [1.807, 2.05) is 0 Å². The van der Waals surface area contributed by atoms with E-state index in [-0.39, 0.29) is 0 Å². The molecule has 0 aromatic carbocycles. The molecule has 110 valence electrons. The SMILES string of the molecule is O=C(CCC1CCNCC1)NC1CCCCCCC1. The Kier molecular flexibility index (Phi) is 6.69. The van der Waals surface area contributed by atoms with Gasteiger partial charge in [-0.1, -0.05) is 32.1 Å². The predicted octanol–water partition coefficient (Wildman–Crippen LogP) is 3.00. The van der Waals surface area contributed by atoms with Gasteiger partial charge in [-0.2, -0.15) is 0 Å². The van der Waals surface area contributed by atoms with Crippen molar-refractivity contribution in [3.8, 4) is 0 Å². The van der Waals surface area contributed by atoms with E-state index >= 15 is 0 Å². The van der Waals surface area contributed by atoms with E-state index in [2.05, 4.69) is 10.6 Å². The summed E-state index contributed by atoms with van der Waals surface area (Å²) in [7, 11) is 0. The van der Waals surface area contributed by atoms with Gasteiger partial charge in [-0.05, 0) is 51.1 Å². The van der Waals surface area contributed by atoms with Crippen LogP contribution in [-0.2, 0) is 4.79 Å². The summed E-state index contributed by atoms with van der Waals surface area (Å²) in [5, 5.41) is 6.65. The Hall–Kier alpha value is -0.570. The average molecular weight is 266 g/mol. The zero-order chi connectivity index (χ0) is 13.3. The highest BCUT2D eigenvalue weighted by atomic mass is 16.1. The molecule has 1 saturated heterocycles. The molecule has 1 aliphatic carbocycles. The maximum Gasteiger partial charge on any atom is 0.220 e. The standard InChI is InChI=1S/C16H30N2O/c19-16(9-8-14-10-12-17-13-11-14)18-15-6-4-2-1-3-5-7-15/h14-15,17H,1-13H2,(H,18,19). The first kappa shape index (κ1) is 14.8. The largest absolute Gasteiger partial charge is 0.353 e. The normalized spacial score (nSPS) is 23.6. The number of hydrogen-bond acceptors (Lipinski definition) is 2. The fraction of sp³-hybridized carbons (Fsp3) is 0.938. The second-order valence-electron chi connectivity index (χ2n) is 6.34. The van der Waals surface area contributed by atoms with Gasteiger partial charge < -0.3 is 10.6 Å². The first-order valence-corrected chi connectivity index (χ1v) is 8.34. The fourth-order valence-corrected chi connectivity index (χ4v) is 3.41. The molecule has 1 heterocycles. The molecule has 0 unspecified atom stereocenters. The molecule has 3 heteroatoms. The maximum absolute atomic E-state index is 12.0. The smallest absolute Gasteiger partial charge is 0.220 e. The lowest BCUT2D eigenvalue weighted by Gasteiger charge is -2.24. The van der Waals surface area contributed by atoms with E-state index < -0.39 is 0 Å². The minimum absolute atomic E-state index is 0.295. The van der Waals surface area contributed by atoms with Crippen molar-refractivity contribution in [3.63, 3.8) is 0 Å². The summed E-state index contributed by atoms with van der Waals surface area (Å²) in [4.78, 5) is 12.0. The summed E-state index contributed by atoms with van der Waals surface area (Å²) in [6, 6.07) is 0.459. The second-order valence-corrected chi connectivity index (χ2v) is 6.34. The van der Waals surface area contributed by atoms with Crippen molar-refractivity contribution < 1.29 is 4.79 Å². The molecule has 1 saturated carbocycles. The monoisotopic (exact) mass is 266 g/mol. The molecule has 0 aromatic rings. The predicted molar refractivity (Wildman–Crippen MR) is 79.1 cm³/mol. The molecule has 1 amide bonds. The summed E-state index contributed by atoms with van der Waals surface area (Å²) >= 11 is 0. The van der Waals surface area contributed by atoms with Crippen LogP contribution in [0.15, 0.2) is 0 Å². The molecular weight excluding hydrogens is 236 g/mol. The van der Waals surface area contributed by atoms with Crippen LogP contribution in [0.4, 0.5) is 0 Å². The molecule has 1 aliphatic heterocycles. The molecule has 2 fully saturated rings. The van der Waals surface area contributed by atoms with Gasteiger partial charge in [-0.25, -0.2) is 0 Å². The van der Waals surface area contributed by atoms with Crippen LogP contribution in [0.25, 0.3) is 0 Å². The molecule has 0 radical (unpaired) electrons. The van der Waals surface area contributed by atoms with Crippen molar-refractivity contribution >= 4 is 5.91 Å². The Bertz CT molecular complexity index is 253. The lowest BCUT2D eigenvalue weighted by atomic mass is 9.92. The fourth-order valence-electron chi connectivity index (χ4n) is 3.41. The Morgan fingerprint density at radius 1 is 0.947 bits per heavy atom. The van der Waals surface area contributed by atoms with Gasteiger partial charge in [0.05, 0.1) is 0 Å². The van der Waals surface area contributed by atoms with Gasteiger partial charge in [0.15, 0.2) is 0 Å². The van der Waals surface area contributed by atoms with Crippen LogP contribution in [0.2, 0.25) is 0 Å². The molecule has 0 bridgehead atoms. The van der Waals surface area contributed by atoms with E-state index in [0.29, 0.717) is 11.9 Å². The summed E-state index contributed by atoms with van der Waals surface area (Å²) in [5.41, 5.74) is 0. The number of amides is 1. The molecule has 3 nitrogen and oxygen atoms in total. The number of carbonyl (C=O) groups excluding carboxylic acids is 1. The molecule has 2 rings (SSSR count). The van der Waals surface area contributed by atoms with Crippen molar-refractivity contribution in [2.24, 2.45) is 5.92 Å². The van der Waals surface area contributed by atoms with E-state index in [1.165, 1.54) is 57.8 Å². The number of hydrogen-bond donors (Lipinski definition) is 2. The van der Waals surface area contributed by atoms with E-state index in [0.717, 1.165) is 31.8 Å². The van der Waals surface area contributed by atoms with Crippen molar-refractivity contribution in [1.82, 2.24) is 10.6 Å². The third-order valence-corrected chi connectivity index (χ3v) is 4.71. The molecule has 0 atom stereocenters. The van der Waals surface area contributed by atoms with E-state index in [1.54, 1.807) is 0 Å². The molecule has 0 aromatic heterocycles. The highest BCUT2D eigenvalue weighted by Gasteiger charge is 2.17. The second kappa shape index (κ2) is 8.57. The third-order valence-electron chi connectivity index (χ3n) is 4.71. The summed E-state index contributed by atoms with van der Waals surface area (Å²) < 4.78 is 0. The summed E-state index contributed by atoms with van der Waals surface area (Å²) in [5.74, 6) is 1.06. The zero-order valence-electron chi connectivity index (χ0n) is 12.3. The highest BCUT2D eigenvalue weighted by Crippen LogP contribution is 2.19. The molecule has 0 spiro atoms. The van der Waals surface area contributed by atoms with Gasteiger partial charge >= 0.3 is 0 Å². The number of nitrogens with one attached hydrogen (secondary N) is 2. The average Bonchev–Trinajstić information content (AvgIpc) is 2.41. The quantitative estimate of drug-likeness (QED) is 0.821. The van der Waals surface area contributed by atoms with Crippen LogP contribution >= 0.6 is 0 Å². The minimum atomic E-state index is 0.295. The summed E-state index contributed by atoms with van der Waals surface area (Å²) in [6.45, 7) is 2.27. The molecule has 19 heavy (non-hydrogen) atoms. The van der Waals surface area contributed by atoms with Crippen LogP contribution < -0.4 is 10.6 Å². The zero-order valence-corrected chi connectivity index (χ0v) is 12.3. The van der Waals surface area contributed by atoms with Gasteiger partial charge in [0.25, 0.3) is 0 Å². The van der Waals surface area contributed by atoms with Crippen LogP contribution in [0.3, 0.4) is 0 Å². The minimum Gasteiger partial charge on any atom is -0.353 e. The number of piperidine rings is 1. The van der Waals surface area contributed by atoms with Crippen LogP contribution in [-0.4, -0.2) is 25.0 Å². The highest BCUT2D eigenvalue weighted by molar-refractivity contribution is 5.76. The Morgan fingerprint density at radius 3 is 2.26 bits per heavy atom. The van der Waals surface area contributed by atoms with Gasteiger partial charge in [0.1, 0.15) is 0 Å². The van der Waals surface area contributed by atoms with E-state index in [4.69, 9.17) is 0 Å². The van der Waals surface area contributed by atoms with Gasteiger partial charge in [0, 0.05) is 12.5 Å². The lowest BCUT2D eigenvalue weighted by Crippen LogP contribution is -2.36. The van der Waals surface area contributed by atoms with Crippen molar-refractivity contribution in [1.29, 1.82) is 0 Å². The molecular formula is C16H30N2O. The number of carbonyl (C=O) groups is 1. The van der Waals surface area contributed by atoms with Gasteiger partial charge in [0.2, 0.25) is 5.91 Å². The first-order chi connectivity index (χ1) is 9.34. The molecule has 2 N–H and O–H groups in total. The van der Waals surface area contributed by atoms with Crippen LogP contribution in [0, 0.1) is 5.92 Å². The Morgan fingerprint density at radius 2 is 1.58 bits per heavy atom. The maximum atomic E-state index is 12.0. The van der Waals surface area contributed by atoms with E-state index in [9.17, 15) is 4.79 Å². The topological polar surface area (TPSA) is 41.1 Å². The van der Waals surface area contributed by atoms with Crippen molar-refractivity contribution in [2.75, 3.05) is 13.1 Å². The summed E-state index contributed by atoms with van der Waals surface area (Å²) in [6.07, 6.45) is 13.4. The Labute approximate surface area is 117 Å². The van der Waals surface area contributed by atoms with Gasteiger partial charge in [-0.15, -0.1) is 0 Å². The van der Waals surface area contributed by atoms with Gasteiger partial charge in [-0.3, -0.25) is 4.79 Å². The Balaban J connectivity index is 1.61. The first-order valence-electron chi connectivity index (χ1n) is 8.34. The number of rotatable bonds is 4. The molecule has 2 aliphatic rings. The lowest BCUT2D eigenvalue weighted by molar-refractivity contribution is -0.122. The third kappa shape index (κ3) is 5.94. The van der Waals surface area contributed by atoms with Crippen LogP contribution in [0.1, 0.15) is 70.6 Å². The van der Waals surface area contributed by atoms with Crippen molar-refractivity contribution in [3.05, 3.63) is 0 Å².